The molecule has 1 N–H and O–H groups in total. The summed E-state index contributed by atoms with van der Waals surface area (Å²) in [5.74, 6) is -0.180. The number of carbonyl (C=O) groups excluding carboxylic acids is 2. The quantitative estimate of drug-likeness (QED) is 0.863. The molecular formula is C18H20N2O4S2. The topological polar surface area (TPSA) is 93.2 Å². The first-order chi connectivity index (χ1) is 12.0. The highest BCUT2D eigenvalue weighted by atomic mass is 32.2. The molecule has 26 heavy (non-hydrogen) atoms. The number of nitrogens with zero attached hydrogens (tertiary/aromatic N) is 1. The second-order valence-corrected chi connectivity index (χ2v) is 10.4. The van der Waals surface area contributed by atoms with Gasteiger partial charge in [-0.25, -0.2) is 13.4 Å². The summed E-state index contributed by atoms with van der Waals surface area (Å²) < 4.78 is 22.9. The van der Waals surface area contributed by atoms with Gasteiger partial charge in [0.15, 0.2) is 20.8 Å². The Balaban J connectivity index is 1.69. The molecule has 0 bridgehead atoms. The second kappa shape index (κ2) is 6.59. The van der Waals surface area contributed by atoms with E-state index in [1.54, 1.807) is 12.1 Å². The number of thiazole rings is 1. The van der Waals surface area contributed by atoms with Gasteiger partial charge >= 0.3 is 0 Å². The fourth-order valence-electron chi connectivity index (χ4n) is 2.98. The van der Waals surface area contributed by atoms with Crippen LogP contribution in [0.25, 0.3) is 0 Å². The van der Waals surface area contributed by atoms with Crippen LogP contribution in [-0.2, 0) is 27.5 Å². The molecule has 0 atom stereocenters. The zero-order valence-electron chi connectivity index (χ0n) is 14.8. The van der Waals surface area contributed by atoms with Crippen LogP contribution in [0, 0.1) is 5.41 Å². The number of sulfone groups is 1. The minimum Gasteiger partial charge on any atom is -0.302 e. The van der Waals surface area contributed by atoms with E-state index in [0.29, 0.717) is 28.4 Å². The predicted molar refractivity (Wildman–Crippen MR) is 100 cm³/mol. The summed E-state index contributed by atoms with van der Waals surface area (Å²) >= 11 is 1.22. The van der Waals surface area contributed by atoms with Crippen LogP contribution in [0.3, 0.4) is 0 Å². The zero-order valence-corrected chi connectivity index (χ0v) is 16.5. The van der Waals surface area contributed by atoms with Crippen LogP contribution in [0.5, 0.6) is 0 Å². The summed E-state index contributed by atoms with van der Waals surface area (Å²) in [6.07, 6.45) is 2.45. The van der Waals surface area contributed by atoms with Crippen molar-refractivity contribution in [3.8, 4) is 0 Å². The molecule has 1 aromatic carbocycles. The lowest BCUT2D eigenvalue weighted by molar-refractivity contribution is -0.115. The van der Waals surface area contributed by atoms with Gasteiger partial charge in [0.2, 0.25) is 5.91 Å². The van der Waals surface area contributed by atoms with Crippen molar-refractivity contribution in [2.75, 3.05) is 11.6 Å². The fraction of sp³-hybridized carbons (Fsp3) is 0.389. The van der Waals surface area contributed by atoms with Crippen molar-refractivity contribution in [1.29, 1.82) is 0 Å². The Morgan fingerprint density at radius 3 is 2.50 bits per heavy atom. The van der Waals surface area contributed by atoms with Crippen molar-refractivity contribution in [3.63, 3.8) is 0 Å². The first kappa shape index (κ1) is 18.7. The molecule has 138 valence electrons. The molecule has 0 aliphatic heterocycles. The van der Waals surface area contributed by atoms with E-state index >= 15 is 0 Å². The number of carbonyl (C=O) groups is 2. The van der Waals surface area contributed by atoms with E-state index in [9.17, 15) is 18.0 Å². The first-order valence-corrected chi connectivity index (χ1v) is 10.9. The maximum absolute atomic E-state index is 12.2. The molecule has 1 heterocycles. The SMILES string of the molecule is CC1(C)CC(=O)c2sc(NC(=O)Cc3ccc(S(C)(=O)=O)cc3)nc2C1. The smallest absolute Gasteiger partial charge is 0.230 e. The maximum Gasteiger partial charge on any atom is 0.230 e. The van der Waals surface area contributed by atoms with Crippen molar-refractivity contribution in [2.45, 2.75) is 38.0 Å². The highest BCUT2D eigenvalue weighted by Crippen LogP contribution is 2.38. The van der Waals surface area contributed by atoms with Gasteiger partial charge < -0.3 is 5.32 Å². The highest BCUT2D eigenvalue weighted by Gasteiger charge is 2.34. The van der Waals surface area contributed by atoms with Gasteiger partial charge in [0, 0.05) is 12.7 Å². The molecule has 8 heteroatoms. The number of ketones is 1. The van der Waals surface area contributed by atoms with Crippen LogP contribution in [0.4, 0.5) is 5.13 Å². The van der Waals surface area contributed by atoms with Crippen LogP contribution in [0.2, 0.25) is 0 Å². The third-order valence-electron chi connectivity index (χ3n) is 4.20. The fourth-order valence-corrected chi connectivity index (χ4v) is 4.54. The summed E-state index contributed by atoms with van der Waals surface area (Å²) in [4.78, 5) is 29.7. The van der Waals surface area contributed by atoms with Crippen molar-refractivity contribution in [2.24, 2.45) is 5.41 Å². The van der Waals surface area contributed by atoms with E-state index in [1.165, 1.54) is 23.5 Å². The van der Waals surface area contributed by atoms with E-state index in [0.717, 1.165) is 11.9 Å². The Morgan fingerprint density at radius 1 is 1.23 bits per heavy atom. The maximum atomic E-state index is 12.2. The number of nitrogens with one attached hydrogen (secondary N) is 1. The average Bonchev–Trinajstić information content (AvgIpc) is 2.87. The Kier molecular flexibility index (Phi) is 4.74. The van der Waals surface area contributed by atoms with E-state index < -0.39 is 9.84 Å². The molecule has 0 saturated heterocycles. The molecule has 6 nitrogen and oxygen atoms in total. The van der Waals surface area contributed by atoms with Crippen LogP contribution in [0.1, 0.15) is 41.2 Å². The molecular weight excluding hydrogens is 372 g/mol. The van der Waals surface area contributed by atoms with Gasteiger partial charge in [-0.3, -0.25) is 9.59 Å². The lowest BCUT2D eigenvalue weighted by Gasteiger charge is -2.26. The minimum absolute atomic E-state index is 0.0746. The molecule has 0 saturated carbocycles. The summed E-state index contributed by atoms with van der Waals surface area (Å²) in [6, 6.07) is 6.21. The lowest BCUT2D eigenvalue weighted by Crippen LogP contribution is -2.26. The molecule has 1 aromatic heterocycles. The van der Waals surface area contributed by atoms with Crippen LogP contribution in [0.15, 0.2) is 29.2 Å². The average molecular weight is 393 g/mol. The van der Waals surface area contributed by atoms with E-state index in [2.05, 4.69) is 10.3 Å². The number of hydrogen-bond acceptors (Lipinski definition) is 6. The molecule has 0 radical (unpaired) electrons. The van der Waals surface area contributed by atoms with Gasteiger partial charge in [-0.1, -0.05) is 37.3 Å². The van der Waals surface area contributed by atoms with E-state index in [1.807, 2.05) is 13.8 Å². The van der Waals surface area contributed by atoms with E-state index in [-0.39, 0.29) is 28.4 Å². The summed E-state index contributed by atoms with van der Waals surface area (Å²) in [6.45, 7) is 4.07. The van der Waals surface area contributed by atoms with Crippen molar-refractivity contribution in [3.05, 3.63) is 40.4 Å². The van der Waals surface area contributed by atoms with Crippen molar-refractivity contribution >= 4 is 38.0 Å². The monoisotopic (exact) mass is 392 g/mol. The minimum atomic E-state index is -3.25. The van der Waals surface area contributed by atoms with Gasteiger partial charge in [-0.05, 0) is 29.5 Å². The summed E-state index contributed by atoms with van der Waals surface area (Å²) in [7, 11) is -3.25. The Hall–Kier alpha value is -2.06. The summed E-state index contributed by atoms with van der Waals surface area (Å²) in [5, 5.41) is 3.17. The number of benzene rings is 1. The number of amides is 1. The molecule has 0 unspecified atom stereocenters. The third kappa shape index (κ3) is 4.19. The third-order valence-corrected chi connectivity index (χ3v) is 6.38. The van der Waals surface area contributed by atoms with Gasteiger partial charge in [-0.2, -0.15) is 0 Å². The van der Waals surface area contributed by atoms with E-state index in [4.69, 9.17) is 0 Å². The molecule has 1 aliphatic rings. The Labute approximate surface area is 156 Å². The zero-order chi connectivity index (χ0) is 19.1. The number of hydrogen-bond donors (Lipinski definition) is 1. The predicted octanol–water partition coefficient (Wildman–Crippen LogP) is 2.88. The van der Waals surface area contributed by atoms with Crippen LogP contribution < -0.4 is 5.32 Å². The van der Waals surface area contributed by atoms with Crippen LogP contribution in [-0.4, -0.2) is 31.3 Å². The number of Topliss-reactive ketones (excluding diaryl/α,β-unsaturated/α-hetero) is 1. The number of fused-ring (bicyclic) bond motifs is 1. The molecule has 1 amide bonds. The molecule has 2 aromatic rings. The van der Waals surface area contributed by atoms with Crippen molar-refractivity contribution < 1.29 is 18.0 Å². The van der Waals surface area contributed by atoms with Crippen LogP contribution >= 0.6 is 11.3 Å². The molecule has 0 spiro atoms. The van der Waals surface area contributed by atoms with Crippen molar-refractivity contribution in [1.82, 2.24) is 4.98 Å². The van der Waals surface area contributed by atoms with Gasteiger partial charge in [0.05, 0.1) is 21.9 Å². The second-order valence-electron chi connectivity index (χ2n) is 7.38. The molecule has 1 aliphatic carbocycles. The summed E-state index contributed by atoms with van der Waals surface area (Å²) in [5.41, 5.74) is 1.35. The number of rotatable bonds is 4. The Morgan fingerprint density at radius 2 is 1.88 bits per heavy atom. The highest BCUT2D eigenvalue weighted by molar-refractivity contribution is 7.90. The lowest BCUT2D eigenvalue weighted by atomic mass is 9.78. The largest absolute Gasteiger partial charge is 0.302 e. The normalized spacial score (nSPS) is 16.2. The Bertz CT molecular complexity index is 973. The number of aromatic nitrogens is 1. The van der Waals surface area contributed by atoms with Gasteiger partial charge in [-0.15, -0.1) is 0 Å². The first-order valence-electron chi connectivity index (χ1n) is 8.15. The standard InChI is InChI=1S/C18H20N2O4S2/c1-18(2)9-13-16(14(21)10-18)25-17(19-13)20-15(22)8-11-4-6-12(7-5-11)26(3,23)24/h4-7H,8-10H2,1-3H3,(H,19,20,22). The molecule has 0 fully saturated rings. The van der Waals surface area contributed by atoms with Gasteiger partial charge in [0.1, 0.15) is 0 Å². The molecule has 3 rings (SSSR count). The number of anilines is 1. The van der Waals surface area contributed by atoms with Gasteiger partial charge in [0.25, 0.3) is 0 Å².